The normalized spacial score (nSPS) is 11.9. The second-order valence-electron chi connectivity index (χ2n) is 11.5. The number of carbonyl (C=O) groups excluding carboxylic acids is 1. The van der Waals surface area contributed by atoms with Crippen molar-refractivity contribution in [2.24, 2.45) is 11.8 Å². The largest absolute Gasteiger partial charge is 0.512 e. The van der Waals surface area contributed by atoms with Gasteiger partial charge in [-0.3, -0.25) is 4.79 Å². The van der Waals surface area contributed by atoms with E-state index in [-0.39, 0.29) is 48.9 Å². The van der Waals surface area contributed by atoms with Crippen LogP contribution in [0.4, 0.5) is 0 Å². The molecule has 1 N–H and O–H groups in total. The Balaban J connectivity index is 0.000000320. The summed E-state index contributed by atoms with van der Waals surface area (Å²) in [4.78, 5) is 11.7. The van der Waals surface area contributed by atoms with Crippen LogP contribution in [0.5, 0.6) is 0 Å². The zero-order valence-corrected chi connectivity index (χ0v) is 28.1. The Morgan fingerprint density at radius 2 is 1.51 bits per heavy atom. The minimum atomic E-state index is 0. The Labute approximate surface area is 259 Å². The molecule has 4 rings (SSSR count). The number of allylic oxidation sites excluding steroid dienone is 2. The Kier molecular flexibility index (Phi) is 12.8. The van der Waals surface area contributed by atoms with Gasteiger partial charge in [-0.2, -0.15) is 5.10 Å². The van der Waals surface area contributed by atoms with Gasteiger partial charge >= 0.3 is 0 Å². The molecule has 41 heavy (non-hydrogen) atoms. The number of nitrogens with zero attached hydrogens (tertiary/aromatic N) is 3. The van der Waals surface area contributed by atoms with Crippen molar-refractivity contribution in [2.45, 2.75) is 86.5 Å². The van der Waals surface area contributed by atoms with E-state index in [1.165, 1.54) is 17.0 Å². The molecule has 3 aromatic carbocycles. The van der Waals surface area contributed by atoms with Crippen molar-refractivity contribution in [3.8, 4) is 11.3 Å². The first kappa shape index (κ1) is 34.3. The van der Waals surface area contributed by atoms with Crippen LogP contribution in [0, 0.1) is 24.8 Å². The van der Waals surface area contributed by atoms with Gasteiger partial charge in [0, 0.05) is 43.7 Å². The van der Waals surface area contributed by atoms with Crippen LogP contribution >= 0.6 is 0 Å². The van der Waals surface area contributed by atoms with Crippen LogP contribution in [-0.4, -0.2) is 26.3 Å². The number of carbonyl (C=O) groups is 1. The van der Waals surface area contributed by atoms with Crippen LogP contribution in [-0.2, 0) is 30.3 Å². The summed E-state index contributed by atoms with van der Waals surface area (Å²) in [5.74, 6) is 0.547. The van der Waals surface area contributed by atoms with Crippen molar-refractivity contribution in [3.05, 3.63) is 77.6 Å². The van der Waals surface area contributed by atoms with Gasteiger partial charge in [0.1, 0.15) is 0 Å². The van der Waals surface area contributed by atoms with Gasteiger partial charge < -0.3 is 5.11 Å². The molecule has 0 saturated carbocycles. The van der Waals surface area contributed by atoms with Crippen LogP contribution in [0.15, 0.2) is 60.4 Å². The smallest absolute Gasteiger partial charge is 0.162 e. The molecule has 0 spiro atoms. The molecule has 221 valence electrons. The van der Waals surface area contributed by atoms with Gasteiger partial charge in [0.05, 0.1) is 11.3 Å². The maximum Gasteiger partial charge on any atom is 0.162 e. The van der Waals surface area contributed by atoms with E-state index in [1.54, 1.807) is 0 Å². The third-order valence-corrected chi connectivity index (χ3v) is 7.70. The minimum absolute atomic E-state index is 0. The molecule has 0 fully saturated rings. The summed E-state index contributed by atoms with van der Waals surface area (Å²) in [6.45, 7) is 16.8. The first-order valence-electron chi connectivity index (χ1n) is 14.5. The third kappa shape index (κ3) is 8.30. The molecular weight excluding hydrogens is 687 g/mol. The van der Waals surface area contributed by atoms with E-state index in [0.717, 1.165) is 58.8 Å². The van der Waals surface area contributed by atoms with Crippen molar-refractivity contribution in [1.29, 1.82) is 0 Å². The van der Waals surface area contributed by atoms with Gasteiger partial charge in [0.25, 0.3) is 0 Å². The predicted molar refractivity (Wildman–Crippen MR) is 166 cm³/mol. The molecule has 0 bridgehead atoms. The van der Waals surface area contributed by atoms with E-state index in [4.69, 9.17) is 0 Å². The Morgan fingerprint density at radius 3 is 2.12 bits per heavy atom. The van der Waals surface area contributed by atoms with Gasteiger partial charge in [0.15, 0.2) is 5.78 Å². The quantitative estimate of drug-likeness (QED) is 0.111. The van der Waals surface area contributed by atoms with Crippen LogP contribution in [0.3, 0.4) is 0 Å². The summed E-state index contributed by atoms with van der Waals surface area (Å²) in [7, 11) is 0. The summed E-state index contributed by atoms with van der Waals surface area (Å²) in [6.07, 6.45) is 4.91. The average Bonchev–Trinajstić information content (AvgIpc) is 2.93. The number of aromatic nitrogens is 3. The molecule has 5 nitrogen and oxygen atoms in total. The molecule has 1 radical (unpaired) electrons. The second kappa shape index (κ2) is 15.3. The zero-order chi connectivity index (χ0) is 29.4. The SMILES string of the molecule is CCC(CC)C(=O)/C=C(\O)C(CC)CC.Cc1cccc2c(-c3[c-]c4ccccc4c(C(C)(C)C)c3)nnnc12.[Ir]. The minimum Gasteiger partial charge on any atom is -0.512 e. The van der Waals surface area contributed by atoms with Crippen LogP contribution in [0.2, 0.25) is 0 Å². The van der Waals surface area contributed by atoms with E-state index in [9.17, 15) is 9.90 Å². The maximum atomic E-state index is 11.7. The van der Waals surface area contributed by atoms with Crippen LogP contribution < -0.4 is 0 Å². The third-order valence-electron chi connectivity index (χ3n) is 7.70. The fraction of sp³-hybridized carbons (Fsp3) is 0.429. The van der Waals surface area contributed by atoms with Gasteiger partial charge in [0.2, 0.25) is 0 Å². The Morgan fingerprint density at radius 1 is 0.902 bits per heavy atom. The summed E-state index contributed by atoms with van der Waals surface area (Å²) in [6, 6.07) is 20.3. The predicted octanol–water partition coefficient (Wildman–Crippen LogP) is 9.12. The number of hydrogen-bond donors (Lipinski definition) is 1. The van der Waals surface area contributed by atoms with E-state index in [2.05, 4.69) is 78.6 Å². The van der Waals surface area contributed by atoms with Gasteiger partial charge in [-0.25, -0.2) is 0 Å². The maximum absolute atomic E-state index is 11.7. The van der Waals surface area contributed by atoms with Crippen LogP contribution in [0.1, 0.15) is 85.3 Å². The van der Waals surface area contributed by atoms with E-state index in [1.807, 2.05) is 46.8 Å². The van der Waals surface area contributed by atoms with Gasteiger partial charge in [-0.1, -0.05) is 101 Å². The standard InChI is InChI=1S/C22H20N3.C13H24O2.Ir/c1-14-8-7-11-18-20(14)23-25-24-21(18)16-12-15-9-5-6-10-17(15)19(13-16)22(2,3)4;1-5-10(6-2)12(14)9-13(15)11(7-3)8-4;/h5-11,13H,1-4H3;9-11,14H,5-8H2,1-4H3;/q-1;;/b;12-9-;. The molecule has 0 aliphatic carbocycles. The summed E-state index contributed by atoms with van der Waals surface area (Å²) in [5.41, 5.74) is 5.11. The molecule has 0 aliphatic heterocycles. The van der Waals surface area contributed by atoms with E-state index >= 15 is 0 Å². The molecule has 6 heteroatoms. The molecule has 1 aromatic heterocycles. The molecule has 0 saturated heterocycles. The summed E-state index contributed by atoms with van der Waals surface area (Å²) in [5, 5.41) is 25.7. The molecule has 0 amide bonds. The van der Waals surface area contributed by atoms with Crippen molar-refractivity contribution in [2.75, 3.05) is 0 Å². The monoisotopic (exact) mass is 731 g/mol. The zero-order valence-electron chi connectivity index (χ0n) is 25.7. The van der Waals surface area contributed by atoms with Gasteiger partial charge in [-0.05, 0) is 49.0 Å². The van der Waals surface area contributed by atoms with Crippen molar-refractivity contribution in [3.63, 3.8) is 0 Å². The number of aliphatic hydroxyl groups excluding tert-OH is 1. The van der Waals surface area contributed by atoms with Crippen molar-refractivity contribution < 1.29 is 30.0 Å². The number of aryl methyl sites for hydroxylation is 1. The number of fused-ring (bicyclic) bond motifs is 2. The molecule has 0 atom stereocenters. The summed E-state index contributed by atoms with van der Waals surface area (Å²) < 4.78 is 0. The number of ketones is 1. The Bertz CT molecular complexity index is 1480. The molecule has 0 unspecified atom stereocenters. The molecule has 1 heterocycles. The average molecular weight is 731 g/mol. The topological polar surface area (TPSA) is 76.0 Å². The molecule has 0 aliphatic rings. The number of benzene rings is 3. The van der Waals surface area contributed by atoms with Crippen molar-refractivity contribution >= 4 is 27.5 Å². The van der Waals surface area contributed by atoms with E-state index < -0.39 is 0 Å². The molecular formula is C35H44IrN3O2-. The fourth-order valence-electron chi connectivity index (χ4n) is 5.11. The van der Waals surface area contributed by atoms with Crippen molar-refractivity contribution in [1.82, 2.24) is 15.4 Å². The number of hydrogen-bond acceptors (Lipinski definition) is 5. The fourth-order valence-corrected chi connectivity index (χ4v) is 5.11. The van der Waals surface area contributed by atoms with Crippen LogP contribution in [0.25, 0.3) is 32.9 Å². The van der Waals surface area contributed by atoms with Gasteiger partial charge in [-0.15, -0.1) is 34.2 Å². The molecule has 4 aromatic rings. The first-order chi connectivity index (χ1) is 19.0. The number of rotatable bonds is 8. The number of aliphatic hydroxyl groups is 1. The Hall–Kier alpha value is -2.95. The second-order valence-corrected chi connectivity index (χ2v) is 11.5. The first-order valence-corrected chi connectivity index (χ1v) is 14.5. The summed E-state index contributed by atoms with van der Waals surface area (Å²) >= 11 is 0. The van der Waals surface area contributed by atoms with E-state index in [0.29, 0.717) is 0 Å².